The van der Waals surface area contributed by atoms with Crippen LogP contribution in [0.5, 0.6) is 0 Å². The first-order chi connectivity index (χ1) is 14.8. The van der Waals surface area contributed by atoms with E-state index in [1.54, 1.807) is 30.3 Å². The van der Waals surface area contributed by atoms with Gasteiger partial charge in [0.25, 0.3) is 10.0 Å². The van der Waals surface area contributed by atoms with E-state index in [1.165, 1.54) is 35.2 Å². The molecule has 1 amide bonds. The Kier molecular flexibility index (Phi) is 7.69. The molecule has 0 aliphatic carbocycles. The summed E-state index contributed by atoms with van der Waals surface area (Å²) in [6.45, 7) is 5.75. The molecule has 1 heterocycles. The lowest BCUT2D eigenvalue weighted by atomic mass is 10.0. The molecule has 0 atom stereocenters. The van der Waals surface area contributed by atoms with Gasteiger partial charge in [-0.1, -0.05) is 74.2 Å². The summed E-state index contributed by atoms with van der Waals surface area (Å²) < 4.78 is 28.6. The summed E-state index contributed by atoms with van der Waals surface area (Å²) in [5, 5.41) is 11.0. The number of thioether (sulfide) groups is 1. The Bertz CT molecular complexity index is 1110. The van der Waals surface area contributed by atoms with E-state index < -0.39 is 15.9 Å². The van der Waals surface area contributed by atoms with Crippen LogP contribution in [0.25, 0.3) is 0 Å². The van der Waals surface area contributed by atoms with Gasteiger partial charge in [-0.2, -0.15) is 0 Å². The fourth-order valence-electron chi connectivity index (χ4n) is 2.79. The number of benzene rings is 2. The lowest BCUT2D eigenvalue weighted by molar-refractivity contribution is -0.114. The topological polar surface area (TPSA) is 92.3 Å². The summed E-state index contributed by atoms with van der Waals surface area (Å²) in [4.78, 5) is 12.9. The summed E-state index contributed by atoms with van der Waals surface area (Å²) in [6, 6.07) is 15.3. The second-order valence-electron chi connectivity index (χ2n) is 6.93. The van der Waals surface area contributed by atoms with Gasteiger partial charge in [0, 0.05) is 0 Å². The second kappa shape index (κ2) is 10.3. The molecule has 3 aromatic rings. The van der Waals surface area contributed by atoms with Crippen molar-refractivity contribution in [3.63, 3.8) is 0 Å². The van der Waals surface area contributed by atoms with Crippen molar-refractivity contribution >= 4 is 49.8 Å². The van der Waals surface area contributed by atoms with Crippen LogP contribution >= 0.6 is 23.1 Å². The van der Waals surface area contributed by atoms with Crippen LogP contribution in [0.4, 0.5) is 10.8 Å². The number of nitrogens with zero attached hydrogens (tertiary/aromatic N) is 3. The summed E-state index contributed by atoms with van der Waals surface area (Å²) in [6.07, 6.45) is 0. The van der Waals surface area contributed by atoms with Gasteiger partial charge in [0.15, 0.2) is 4.34 Å². The highest BCUT2D eigenvalue weighted by molar-refractivity contribution is 8.01. The van der Waals surface area contributed by atoms with E-state index in [-0.39, 0.29) is 11.4 Å². The van der Waals surface area contributed by atoms with Gasteiger partial charge in [0.2, 0.25) is 11.0 Å². The quantitative estimate of drug-likeness (QED) is 0.358. The Hall–Kier alpha value is -2.43. The van der Waals surface area contributed by atoms with E-state index in [0.717, 1.165) is 20.0 Å². The van der Waals surface area contributed by atoms with E-state index in [4.69, 9.17) is 0 Å². The predicted octanol–water partition coefficient (Wildman–Crippen LogP) is 4.61. The van der Waals surface area contributed by atoms with Crippen molar-refractivity contribution in [2.24, 2.45) is 0 Å². The molecule has 2 aromatic carbocycles. The van der Waals surface area contributed by atoms with E-state index in [1.807, 2.05) is 19.1 Å². The monoisotopic (exact) mass is 476 g/mol. The second-order valence-corrected chi connectivity index (χ2v) is 11.3. The van der Waals surface area contributed by atoms with Gasteiger partial charge in [-0.25, -0.2) is 8.42 Å². The molecule has 1 N–H and O–H groups in total. The normalized spacial score (nSPS) is 11.5. The first-order valence-corrected chi connectivity index (χ1v) is 13.0. The fourth-order valence-corrected chi connectivity index (χ4v) is 5.90. The molecule has 0 aliphatic rings. The molecule has 1 aromatic heterocycles. The lowest BCUT2D eigenvalue weighted by Crippen LogP contribution is -2.38. The highest BCUT2D eigenvalue weighted by Gasteiger charge is 2.27. The van der Waals surface area contributed by atoms with Crippen LogP contribution in [-0.4, -0.2) is 36.8 Å². The maximum atomic E-state index is 13.3. The zero-order valence-electron chi connectivity index (χ0n) is 17.5. The number of carbonyl (C=O) groups excluding carboxylic acids is 1. The van der Waals surface area contributed by atoms with Gasteiger partial charge in [0.1, 0.15) is 6.54 Å². The molecule has 0 saturated heterocycles. The number of rotatable bonds is 9. The molecule has 0 radical (unpaired) electrons. The van der Waals surface area contributed by atoms with Crippen molar-refractivity contribution in [2.45, 2.75) is 35.9 Å². The van der Waals surface area contributed by atoms with E-state index >= 15 is 0 Å². The molecule has 31 heavy (non-hydrogen) atoms. The molecule has 164 valence electrons. The van der Waals surface area contributed by atoms with Gasteiger partial charge in [-0.3, -0.25) is 14.4 Å². The van der Waals surface area contributed by atoms with Gasteiger partial charge in [0.05, 0.1) is 10.6 Å². The number of hydrogen-bond acceptors (Lipinski definition) is 7. The third-order valence-corrected chi connectivity index (χ3v) is 8.03. The number of amides is 1. The van der Waals surface area contributed by atoms with Crippen molar-refractivity contribution in [1.82, 2.24) is 10.2 Å². The Labute approximate surface area is 191 Å². The van der Waals surface area contributed by atoms with Crippen LogP contribution in [0.1, 0.15) is 32.3 Å². The SMILES string of the molecule is CCSc1nnc(NC(=O)CN(c2ccc(C(C)C)cc2)S(=O)(=O)c2ccccc2)s1. The predicted molar refractivity (Wildman–Crippen MR) is 126 cm³/mol. The minimum atomic E-state index is -3.94. The van der Waals surface area contributed by atoms with Crippen molar-refractivity contribution in [3.05, 3.63) is 60.2 Å². The summed E-state index contributed by atoms with van der Waals surface area (Å²) in [5.74, 6) is 0.665. The van der Waals surface area contributed by atoms with Crippen molar-refractivity contribution in [2.75, 3.05) is 21.9 Å². The Morgan fingerprint density at radius 2 is 1.77 bits per heavy atom. The largest absolute Gasteiger partial charge is 0.299 e. The number of nitrogens with one attached hydrogen (secondary N) is 1. The van der Waals surface area contributed by atoms with Crippen LogP contribution in [-0.2, 0) is 14.8 Å². The molecule has 7 nitrogen and oxygen atoms in total. The highest BCUT2D eigenvalue weighted by atomic mass is 32.2. The molecule has 0 spiro atoms. The summed E-state index contributed by atoms with van der Waals surface area (Å²) >= 11 is 2.78. The molecule has 0 unspecified atom stereocenters. The van der Waals surface area contributed by atoms with Crippen LogP contribution < -0.4 is 9.62 Å². The van der Waals surface area contributed by atoms with Crippen LogP contribution in [0.3, 0.4) is 0 Å². The average Bonchev–Trinajstić information content (AvgIpc) is 3.19. The lowest BCUT2D eigenvalue weighted by Gasteiger charge is -2.24. The number of anilines is 2. The van der Waals surface area contributed by atoms with E-state index in [9.17, 15) is 13.2 Å². The maximum Gasteiger partial charge on any atom is 0.264 e. The highest BCUT2D eigenvalue weighted by Crippen LogP contribution is 2.27. The number of carbonyl (C=O) groups is 1. The Morgan fingerprint density at radius 3 is 2.39 bits per heavy atom. The van der Waals surface area contributed by atoms with Gasteiger partial charge in [-0.15, -0.1) is 10.2 Å². The smallest absolute Gasteiger partial charge is 0.264 e. The van der Waals surface area contributed by atoms with Gasteiger partial charge < -0.3 is 0 Å². The van der Waals surface area contributed by atoms with Crippen molar-refractivity contribution in [1.29, 1.82) is 0 Å². The van der Waals surface area contributed by atoms with E-state index in [2.05, 4.69) is 29.4 Å². The minimum Gasteiger partial charge on any atom is -0.299 e. The molecule has 0 saturated carbocycles. The molecule has 0 aliphatic heterocycles. The zero-order chi connectivity index (χ0) is 22.4. The Morgan fingerprint density at radius 1 is 1.10 bits per heavy atom. The van der Waals surface area contributed by atoms with E-state index in [0.29, 0.717) is 16.7 Å². The van der Waals surface area contributed by atoms with Gasteiger partial charge in [-0.05, 0) is 41.5 Å². The summed E-state index contributed by atoms with van der Waals surface area (Å²) in [5.41, 5.74) is 1.50. The van der Waals surface area contributed by atoms with Crippen LogP contribution in [0.2, 0.25) is 0 Å². The number of aromatic nitrogens is 2. The maximum absolute atomic E-state index is 13.3. The molecule has 0 fully saturated rings. The van der Waals surface area contributed by atoms with Crippen LogP contribution in [0, 0.1) is 0 Å². The van der Waals surface area contributed by atoms with Crippen LogP contribution in [0.15, 0.2) is 63.8 Å². The zero-order valence-corrected chi connectivity index (χ0v) is 19.9. The fraction of sp³-hybridized carbons (Fsp3) is 0.286. The number of sulfonamides is 1. The molecule has 10 heteroatoms. The molecular weight excluding hydrogens is 452 g/mol. The third-order valence-electron chi connectivity index (χ3n) is 4.39. The first kappa shape index (κ1) is 23.2. The molecule has 3 rings (SSSR count). The number of hydrogen-bond donors (Lipinski definition) is 1. The first-order valence-electron chi connectivity index (χ1n) is 9.75. The average molecular weight is 477 g/mol. The molecular formula is C21H24N4O3S3. The van der Waals surface area contributed by atoms with Crippen molar-refractivity contribution < 1.29 is 13.2 Å². The summed E-state index contributed by atoms with van der Waals surface area (Å²) in [7, 11) is -3.94. The molecule has 0 bridgehead atoms. The van der Waals surface area contributed by atoms with Gasteiger partial charge >= 0.3 is 0 Å². The Balaban J connectivity index is 1.88. The minimum absolute atomic E-state index is 0.119. The third kappa shape index (κ3) is 5.84. The standard InChI is InChI=1S/C21H24N4O3S3/c1-4-29-21-24-23-20(30-21)22-19(26)14-25(17-12-10-16(11-13-17)15(2)3)31(27,28)18-8-6-5-7-9-18/h5-13,15H,4,14H2,1-3H3,(H,22,23,26). The van der Waals surface area contributed by atoms with Crippen molar-refractivity contribution in [3.8, 4) is 0 Å².